The first-order valence-corrected chi connectivity index (χ1v) is 10.1. The van der Waals surface area contributed by atoms with Crippen molar-refractivity contribution in [2.75, 3.05) is 6.54 Å². The van der Waals surface area contributed by atoms with Crippen LogP contribution in [-0.2, 0) is 6.42 Å². The van der Waals surface area contributed by atoms with E-state index in [0.29, 0.717) is 29.6 Å². The molecule has 7 heteroatoms. The number of nitrogens with one attached hydrogen (secondary N) is 1. The Morgan fingerprint density at radius 3 is 2.48 bits per heavy atom. The summed E-state index contributed by atoms with van der Waals surface area (Å²) in [6.07, 6.45) is 3.80. The number of ether oxygens (including phenoxy) is 1. The zero-order valence-electron chi connectivity index (χ0n) is 16.5. The number of hydrogen-bond donors (Lipinski definition) is 1. The van der Waals surface area contributed by atoms with Crippen molar-refractivity contribution >= 4 is 17.5 Å². The second-order valence-electron chi connectivity index (χ2n) is 6.64. The van der Waals surface area contributed by atoms with Crippen LogP contribution in [0.4, 0.5) is 0 Å². The number of amides is 1. The number of carbonyl (C=O) groups excluding carboxylic acids is 1. The van der Waals surface area contributed by atoms with E-state index in [0.717, 1.165) is 11.3 Å². The normalized spacial score (nSPS) is 10.5. The molecule has 2 heterocycles. The second-order valence-corrected chi connectivity index (χ2v) is 7.05. The Morgan fingerprint density at radius 1 is 0.935 bits per heavy atom. The van der Waals surface area contributed by atoms with Gasteiger partial charge < -0.3 is 10.1 Å². The Labute approximate surface area is 184 Å². The maximum absolute atomic E-state index is 12.9. The molecule has 1 amide bonds. The van der Waals surface area contributed by atoms with E-state index in [1.807, 2.05) is 48.5 Å². The van der Waals surface area contributed by atoms with E-state index in [2.05, 4.69) is 20.3 Å². The molecular weight excluding hydrogens is 412 g/mol. The lowest BCUT2D eigenvalue weighted by Crippen LogP contribution is -2.26. The summed E-state index contributed by atoms with van der Waals surface area (Å²) in [5.74, 6) is 0.659. The van der Waals surface area contributed by atoms with E-state index < -0.39 is 0 Å². The number of pyridine rings is 1. The van der Waals surface area contributed by atoms with Gasteiger partial charge in [0.05, 0.1) is 5.02 Å². The molecule has 0 atom stereocenters. The van der Waals surface area contributed by atoms with Crippen LogP contribution in [0.25, 0.3) is 11.4 Å². The molecule has 0 bridgehead atoms. The minimum atomic E-state index is -0.336. The number of benzene rings is 2. The van der Waals surface area contributed by atoms with Crippen molar-refractivity contribution in [2.45, 2.75) is 6.42 Å². The van der Waals surface area contributed by atoms with Crippen molar-refractivity contribution in [3.63, 3.8) is 0 Å². The summed E-state index contributed by atoms with van der Waals surface area (Å²) in [7, 11) is 0. The van der Waals surface area contributed by atoms with Crippen molar-refractivity contribution < 1.29 is 9.53 Å². The molecule has 154 valence electrons. The van der Waals surface area contributed by atoms with Gasteiger partial charge in [0.15, 0.2) is 5.82 Å². The maximum Gasteiger partial charge on any atom is 0.258 e. The largest absolute Gasteiger partial charge is 0.436 e. The zero-order valence-corrected chi connectivity index (χ0v) is 17.3. The lowest BCUT2D eigenvalue weighted by molar-refractivity contribution is 0.0950. The van der Waals surface area contributed by atoms with Crippen molar-refractivity contribution in [3.05, 3.63) is 101 Å². The predicted octanol–water partition coefficient (Wildman–Crippen LogP) is 4.96. The van der Waals surface area contributed by atoms with Crippen LogP contribution in [0.5, 0.6) is 11.6 Å². The quantitative estimate of drug-likeness (QED) is 0.448. The van der Waals surface area contributed by atoms with Gasteiger partial charge in [0.25, 0.3) is 5.91 Å². The van der Waals surface area contributed by atoms with Crippen LogP contribution in [-0.4, -0.2) is 27.4 Å². The topological polar surface area (TPSA) is 77.0 Å². The molecule has 6 nitrogen and oxygen atoms in total. The van der Waals surface area contributed by atoms with Gasteiger partial charge in [-0.1, -0.05) is 60.1 Å². The van der Waals surface area contributed by atoms with Gasteiger partial charge in [-0.3, -0.25) is 9.78 Å². The molecule has 4 aromatic rings. The molecule has 0 fully saturated rings. The van der Waals surface area contributed by atoms with Gasteiger partial charge in [-0.15, -0.1) is 0 Å². The molecule has 0 aliphatic carbocycles. The van der Waals surface area contributed by atoms with E-state index >= 15 is 0 Å². The molecule has 1 N–H and O–H groups in total. The summed E-state index contributed by atoms with van der Waals surface area (Å²) in [6, 6.07) is 22.2. The summed E-state index contributed by atoms with van der Waals surface area (Å²) < 4.78 is 5.93. The molecule has 0 saturated heterocycles. The highest BCUT2D eigenvalue weighted by atomic mass is 35.5. The van der Waals surface area contributed by atoms with Gasteiger partial charge in [0.1, 0.15) is 11.3 Å². The minimum Gasteiger partial charge on any atom is -0.436 e. The fourth-order valence-electron chi connectivity index (χ4n) is 2.90. The van der Waals surface area contributed by atoms with E-state index in [-0.39, 0.29) is 17.4 Å². The summed E-state index contributed by atoms with van der Waals surface area (Å²) >= 11 is 6.24. The zero-order chi connectivity index (χ0) is 21.5. The Kier molecular flexibility index (Phi) is 6.50. The molecule has 2 aromatic heterocycles. The molecule has 31 heavy (non-hydrogen) atoms. The van der Waals surface area contributed by atoms with Crippen LogP contribution in [0.15, 0.2) is 85.2 Å². The van der Waals surface area contributed by atoms with Crippen LogP contribution in [0.2, 0.25) is 5.02 Å². The van der Waals surface area contributed by atoms with Crippen LogP contribution >= 0.6 is 11.6 Å². The predicted molar refractivity (Wildman–Crippen MR) is 119 cm³/mol. The van der Waals surface area contributed by atoms with E-state index in [1.54, 1.807) is 30.5 Å². The molecule has 0 spiro atoms. The van der Waals surface area contributed by atoms with E-state index in [9.17, 15) is 4.79 Å². The van der Waals surface area contributed by atoms with Gasteiger partial charge in [-0.05, 0) is 24.3 Å². The third-order valence-electron chi connectivity index (χ3n) is 4.47. The Hall–Kier alpha value is -3.77. The van der Waals surface area contributed by atoms with E-state index in [1.165, 1.54) is 6.20 Å². The lowest BCUT2D eigenvalue weighted by atomic mass is 10.2. The number of rotatable bonds is 7. The summed E-state index contributed by atoms with van der Waals surface area (Å²) in [4.78, 5) is 26.0. The standard InChI is InChI=1S/C24H19ClN4O2/c25-20-11-4-5-12-21(20)31-24-19(16-28-22(29-24)17-8-2-1-3-9-17)23(30)27-15-13-18-10-6-7-14-26-18/h1-12,14,16H,13,15H2,(H,27,30). The average molecular weight is 431 g/mol. The van der Waals surface area contributed by atoms with Crippen LogP contribution < -0.4 is 10.1 Å². The molecule has 0 aliphatic rings. The molecule has 2 aromatic carbocycles. The first-order chi connectivity index (χ1) is 15.2. The molecule has 0 radical (unpaired) electrons. The van der Waals surface area contributed by atoms with Crippen molar-refractivity contribution in [1.29, 1.82) is 0 Å². The van der Waals surface area contributed by atoms with Gasteiger partial charge >= 0.3 is 0 Å². The smallest absolute Gasteiger partial charge is 0.258 e. The summed E-state index contributed by atoms with van der Waals surface area (Å²) in [6.45, 7) is 0.418. The number of hydrogen-bond acceptors (Lipinski definition) is 5. The van der Waals surface area contributed by atoms with Crippen LogP contribution in [0, 0.1) is 0 Å². The molecular formula is C24H19ClN4O2. The minimum absolute atomic E-state index is 0.136. The number of nitrogens with zero attached hydrogens (tertiary/aromatic N) is 3. The third kappa shape index (κ3) is 5.24. The van der Waals surface area contributed by atoms with Gasteiger partial charge in [-0.25, -0.2) is 4.98 Å². The summed E-state index contributed by atoms with van der Waals surface area (Å²) in [5, 5.41) is 3.30. The lowest BCUT2D eigenvalue weighted by Gasteiger charge is -2.12. The monoisotopic (exact) mass is 430 g/mol. The van der Waals surface area contributed by atoms with Crippen molar-refractivity contribution in [3.8, 4) is 23.0 Å². The number of para-hydroxylation sites is 1. The second kappa shape index (κ2) is 9.82. The highest BCUT2D eigenvalue weighted by molar-refractivity contribution is 6.32. The SMILES string of the molecule is O=C(NCCc1ccccn1)c1cnc(-c2ccccc2)nc1Oc1ccccc1Cl. The van der Waals surface area contributed by atoms with E-state index in [4.69, 9.17) is 16.3 Å². The third-order valence-corrected chi connectivity index (χ3v) is 4.78. The molecule has 0 aliphatic heterocycles. The molecule has 0 saturated carbocycles. The number of halogens is 1. The first kappa shape index (κ1) is 20.5. The van der Waals surface area contributed by atoms with Gasteiger partial charge in [0, 0.05) is 36.6 Å². The maximum atomic E-state index is 12.9. The average Bonchev–Trinajstić information content (AvgIpc) is 2.82. The van der Waals surface area contributed by atoms with Gasteiger partial charge in [-0.2, -0.15) is 4.98 Å². The number of carbonyl (C=O) groups is 1. The Bertz CT molecular complexity index is 1170. The van der Waals surface area contributed by atoms with Crippen molar-refractivity contribution in [1.82, 2.24) is 20.3 Å². The fourth-order valence-corrected chi connectivity index (χ4v) is 3.08. The Balaban J connectivity index is 1.59. The van der Waals surface area contributed by atoms with Crippen LogP contribution in [0.3, 0.4) is 0 Å². The highest BCUT2D eigenvalue weighted by Gasteiger charge is 2.18. The Morgan fingerprint density at radius 2 is 1.71 bits per heavy atom. The first-order valence-electron chi connectivity index (χ1n) is 9.73. The molecule has 4 rings (SSSR count). The summed E-state index contributed by atoms with van der Waals surface area (Å²) in [5.41, 5.74) is 1.93. The van der Waals surface area contributed by atoms with Crippen LogP contribution in [0.1, 0.15) is 16.1 Å². The highest BCUT2D eigenvalue weighted by Crippen LogP contribution is 2.30. The molecule has 0 unspecified atom stereocenters. The van der Waals surface area contributed by atoms with Gasteiger partial charge in [0.2, 0.25) is 5.88 Å². The van der Waals surface area contributed by atoms with Crippen molar-refractivity contribution in [2.24, 2.45) is 0 Å². The number of aromatic nitrogens is 3. The fraction of sp³-hybridized carbons (Fsp3) is 0.0833.